The van der Waals surface area contributed by atoms with Gasteiger partial charge in [0, 0.05) is 30.2 Å². The molecule has 2 nitrogen and oxygen atoms in total. The summed E-state index contributed by atoms with van der Waals surface area (Å²) in [6.45, 7) is 0. The Hall–Kier alpha value is -0.550. The zero-order chi connectivity index (χ0) is 14.0. The molecule has 0 radical (unpaired) electrons. The van der Waals surface area contributed by atoms with E-state index in [0.29, 0.717) is 21.3 Å². The highest BCUT2D eigenvalue weighted by Crippen LogP contribution is 2.24. The first-order valence-electron chi connectivity index (χ1n) is 5.17. The van der Waals surface area contributed by atoms with Crippen molar-refractivity contribution in [3.8, 4) is 0 Å². The first kappa shape index (κ1) is 14.9. The average Bonchev–Trinajstić information content (AvgIpc) is 2.25. The predicted molar refractivity (Wildman–Crippen MR) is 86.3 cm³/mol. The molecule has 0 aliphatic rings. The monoisotopic (exact) mass is 421 g/mol. The van der Waals surface area contributed by atoms with Gasteiger partial charge >= 0.3 is 0 Å². The van der Waals surface area contributed by atoms with Crippen LogP contribution < -0.4 is 5.32 Å². The highest BCUT2D eigenvalue weighted by molar-refractivity contribution is 9.11. The van der Waals surface area contributed by atoms with Gasteiger partial charge < -0.3 is 5.32 Å². The molecule has 2 rings (SSSR count). The molecule has 0 fully saturated rings. The van der Waals surface area contributed by atoms with Crippen LogP contribution in [0.15, 0.2) is 45.3 Å². The lowest BCUT2D eigenvalue weighted by Gasteiger charge is -2.07. The van der Waals surface area contributed by atoms with Crippen LogP contribution in [0.3, 0.4) is 0 Å². The molecule has 0 saturated carbocycles. The third kappa shape index (κ3) is 4.21. The summed E-state index contributed by atoms with van der Waals surface area (Å²) in [5.41, 5.74) is 1.08. The Morgan fingerprint density at radius 3 is 1.95 bits per heavy atom. The highest BCUT2D eigenvalue weighted by atomic mass is 79.9. The second-order valence-corrected chi connectivity index (χ2v) is 6.47. The minimum Gasteiger partial charge on any atom is -0.322 e. The van der Waals surface area contributed by atoms with Crippen LogP contribution in [-0.4, -0.2) is 5.91 Å². The first-order chi connectivity index (χ1) is 8.94. The third-order valence-corrected chi connectivity index (χ3v) is 3.60. The van der Waals surface area contributed by atoms with Crippen molar-refractivity contribution in [1.29, 1.82) is 0 Å². The summed E-state index contributed by atoms with van der Waals surface area (Å²) in [5.74, 6) is -0.236. The molecule has 0 saturated heterocycles. The van der Waals surface area contributed by atoms with Crippen molar-refractivity contribution in [2.45, 2.75) is 0 Å². The van der Waals surface area contributed by atoms with Gasteiger partial charge in [0.2, 0.25) is 0 Å². The van der Waals surface area contributed by atoms with E-state index in [0.717, 1.165) is 8.95 Å². The number of rotatable bonds is 2. The van der Waals surface area contributed by atoms with E-state index in [1.165, 1.54) is 0 Å². The fourth-order valence-electron chi connectivity index (χ4n) is 1.51. The van der Waals surface area contributed by atoms with Crippen molar-refractivity contribution < 1.29 is 4.79 Å². The van der Waals surface area contributed by atoms with Crippen molar-refractivity contribution in [2.24, 2.45) is 0 Å². The van der Waals surface area contributed by atoms with E-state index in [-0.39, 0.29) is 5.91 Å². The zero-order valence-corrected chi connectivity index (χ0v) is 14.1. The summed E-state index contributed by atoms with van der Waals surface area (Å²) >= 11 is 18.4. The molecule has 2 aromatic carbocycles. The Morgan fingerprint density at radius 2 is 1.42 bits per heavy atom. The van der Waals surface area contributed by atoms with Gasteiger partial charge in [0.25, 0.3) is 5.91 Å². The lowest BCUT2D eigenvalue weighted by Crippen LogP contribution is -2.11. The van der Waals surface area contributed by atoms with E-state index in [9.17, 15) is 4.79 Å². The largest absolute Gasteiger partial charge is 0.322 e. The van der Waals surface area contributed by atoms with Gasteiger partial charge in [-0.15, -0.1) is 0 Å². The molecule has 0 aliphatic carbocycles. The van der Waals surface area contributed by atoms with E-state index in [1.54, 1.807) is 30.3 Å². The Labute approximate surface area is 137 Å². The third-order valence-electron chi connectivity index (χ3n) is 2.25. The van der Waals surface area contributed by atoms with Gasteiger partial charge in [-0.2, -0.15) is 0 Å². The van der Waals surface area contributed by atoms with Crippen molar-refractivity contribution in [3.63, 3.8) is 0 Å². The molecule has 1 N–H and O–H groups in total. The van der Waals surface area contributed by atoms with Gasteiger partial charge in [-0.05, 0) is 36.4 Å². The van der Waals surface area contributed by atoms with Crippen LogP contribution in [0, 0.1) is 0 Å². The number of halogens is 4. The maximum absolute atomic E-state index is 12.1. The maximum Gasteiger partial charge on any atom is 0.255 e. The number of anilines is 1. The summed E-state index contributed by atoms with van der Waals surface area (Å²) in [7, 11) is 0. The number of amides is 1. The van der Waals surface area contributed by atoms with E-state index in [4.69, 9.17) is 23.2 Å². The Morgan fingerprint density at radius 1 is 0.895 bits per heavy atom. The number of hydrogen-bond acceptors (Lipinski definition) is 1. The Kier molecular flexibility index (Phi) is 4.90. The topological polar surface area (TPSA) is 29.1 Å². The molecule has 0 spiro atoms. The van der Waals surface area contributed by atoms with Gasteiger partial charge in [0.05, 0.1) is 0 Å². The van der Waals surface area contributed by atoms with Gasteiger partial charge in [-0.25, -0.2) is 0 Å². The summed E-state index contributed by atoms with van der Waals surface area (Å²) < 4.78 is 1.63. The van der Waals surface area contributed by atoms with E-state index < -0.39 is 0 Å². The van der Waals surface area contributed by atoms with E-state index in [1.807, 2.05) is 6.07 Å². The lowest BCUT2D eigenvalue weighted by molar-refractivity contribution is 0.102. The normalized spacial score (nSPS) is 10.3. The smallest absolute Gasteiger partial charge is 0.255 e. The number of carbonyl (C=O) groups is 1. The first-order valence-corrected chi connectivity index (χ1v) is 7.52. The average molecular weight is 424 g/mol. The summed E-state index contributed by atoms with van der Waals surface area (Å²) in [4.78, 5) is 12.1. The van der Waals surface area contributed by atoms with Gasteiger partial charge in [0.1, 0.15) is 0 Å². The molecule has 0 atom stereocenters. The number of benzene rings is 2. The molecule has 0 bridgehead atoms. The fraction of sp³-hybridized carbons (Fsp3) is 0. The minimum atomic E-state index is -0.236. The molecule has 0 unspecified atom stereocenters. The number of hydrogen-bond donors (Lipinski definition) is 1. The molecular weight excluding hydrogens is 417 g/mol. The quantitative estimate of drug-likeness (QED) is 0.652. The molecule has 0 heterocycles. The SMILES string of the molecule is O=C(Nc1cc(Cl)cc(Cl)c1)c1cc(Br)cc(Br)c1. The van der Waals surface area contributed by atoms with Gasteiger partial charge in [-0.3, -0.25) is 4.79 Å². The Bertz CT molecular complexity index is 606. The van der Waals surface area contributed by atoms with Gasteiger partial charge in [0.15, 0.2) is 0 Å². The standard InChI is InChI=1S/C13H7Br2Cl2NO/c14-8-1-7(2-9(15)3-8)13(19)18-12-5-10(16)4-11(17)6-12/h1-6H,(H,18,19). The summed E-state index contributed by atoms with van der Waals surface area (Å²) in [6.07, 6.45) is 0. The molecular formula is C13H7Br2Cl2NO. The van der Waals surface area contributed by atoms with Crippen LogP contribution in [0.5, 0.6) is 0 Å². The second kappa shape index (κ2) is 6.27. The van der Waals surface area contributed by atoms with Crippen LogP contribution in [-0.2, 0) is 0 Å². The van der Waals surface area contributed by atoms with Crippen molar-refractivity contribution in [3.05, 3.63) is 61.0 Å². The fourth-order valence-corrected chi connectivity index (χ4v) is 3.33. The second-order valence-electron chi connectivity index (χ2n) is 3.77. The summed E-state index contributed by atoms with van der Waals surface area (Å²) in [5, 5.41) is 3.69. The summed E-state index contributed by atoms with van der Waals surface area (Å²) in [6, 6.07) is 10.2. The van der Waals surface area contributed by atoms with Gasteiger partial charge in [-0.1, -0.05) is 55.1 Å². The Balaban J connectivity index is 2.25. The van der Waals surface area contributed by atoms with Crippen molar-refractivity contribution in [2.75, 3.05) is 5.32 Å². The van der Waals surface area contributed by atoms with Crippen LogP contribution in [0.1, 0.15) is 10.4 Å². The molecule has 6 heteroatoms. The predicted octanol–water partition coefficient (Wildman–Crippen LogP) is 5.77. The van der Waals surface area contributed by atoms with Crippen LogP contribution in [0.4, 0.5) is 5.69 Å². The van der Waals surface area contributed by atoms with Crippen molar-refractivity contribution >= 4 is 66.7 Å². The van der Waals surface area contributed by atoms with Crippen LogP contribution in [0.25, 0.3) is 0 Å². The van der Waals surface area contributed by atoms with Crippen molar-refractivity contribution in [1.82, 2.24) is 0 Å². The van der Waals surface area contributed by atoms with Crippen LogP contribution in [0.2, 0.25) is 10.0 Å². The van der Waals surface area contributed by atoms with E-state index in [2.05, 4.69) is 37.2 Å². The molecule has 98 valence electrons. The van der Waals surface area contributed by atoms with Crippen LogP contribution >= 0.6 is 55.1 Å². The molecule has 0 aliphatic heterocycles. The maximum atomic E-state index is 12.1. The highest BCUT2D eigenvalue weighted by Gasteiger charge is 2.09. The molecule has 2 aromatic rings. The zero-order valence-electron chi connectivity index (χ0n) is 9.38. The molecule has 0 aromatic heterocycles. The molecule has 1 amide bonds. The number of nitrogens with one attached hydrogen (secondary N) is 1. The van der Waals surface area contributed by atoms with E-state index >= 15 is 0 Å². The molecule has 19 heavy (non-hydrogen) atoms. The minimum absolute atomic E-state index is 0.236. The lowest BCUT2D eigenvalue weighted by atomic mass is 10.2. The number of carbonyl (C=O) groups excluding carboxylic acids is 1.